The smallest absolute Gasteiger partial charge is 0.0854 e. The molecule has 0 heterocycles. The van der Waals surface area contributed by atoms with Crippen LogP contribution in [0.5, 0.6) is 0 Å². The van der Waals surface area contributed by atoms with Gasteiger partial charge in [0.2, 0.25) is 0 Å². The second-order valence-corrected chi connectivity index (χ2v) is 11.0. The second kappa shape index (κ2) is 8.26. The summed E-state index contributed by atoms with van der Waals surface area (Å²) < 4.78 is 0. The van der Waals surface area contributed by atoms with Crippen LogP contribution >= 0.6 is 0 Å². The Kier molecular flexibility index (Phi) is 7.01. The molecule has 1 rings (SSSR count). The molecule has 0 N–H and O–H groups in total. The average Bonchev–Trinajstić information content (AvgIpc) is 2.50. The van der Waals surface area contributed by atoms with E-state index in [0.717, 1.165) is 12.8 Å². The van der Waals surface area contributed by atoms with Crippen LogP contribution in [0.3, 0.4) is 0 Å². The van der Waals surface area contributed by atoms with Gasteiger partial charge in [-0.3, -0.25) is 0 Å². The van der Waals surface area contributed by atoms with E-state index >= 15 is 0 Å². The first-order valence-electron chi connectivity index (χ1n) is 8.00. The quantitative estimate of drug-likeness (QED) is 0.396. The van der Waals surface area contributed by atoms with Gasteiger partial charge >= 0.3 is 0 Å². The SMILES string of the molecule is C=C(/C(C)=C/CCc1ccccc1)[Si](CC)(CC)CC. The van der Waals surface area contributed by atoms with Crippen LogP contribution in [0.25, 0.3) is 0 Å². The van der Waals surface area contributed by atoms with Crippen LogP contribution in [-0.2, 0) is 6.42 Å². The Labute approximate surface area is 126 Å². The van der Waals surface area contributed by atoms with Gasteiger partial charge in [0.05, 0.1) is 8.07 Å². The zero-order chi connectivity index (χ0) is 15.0. The van der Waals surface area contributed by atoms with Crippen molar-refractivity contribution in [2.75, 3.05) is 0 Å². The van der Waals surface area contributed by atoms with Crippen molar-refractivity contribution in [2.45, 2.75) is 58.7 Å². The molecule has 0 bridgehead atoms. The molecule has 0 aromatic heterocycles. The van der Waals surface area contributed by atoms with E-state index in [1.807, 2.05) is 0 Å². The number of rotatable bonds is 8. The number of hydrogen-bond donors (Lipinski definition) is 0. The lowest BCUT2D eigenvalue weighted by molar-refractivity contribution is 0.991. The van der Waals surface area contributed by atoms with E-state index in [2.05, 4.69) is 70.7 Å². The number of aryl methyl sites for hydroxylation is 1. The van der Waals surface area contributed by atoms with Gasteiger partial charge in [0.15, 0.2) is 0 Å². The minimum atomic E-state index is -1.28. The van der Waals surface area contributed by atoms with Crippen molar-refractivity contribution in [2.24, 2.45) is 0 Å². The molecule has 0 saturated heterocycles. The highest BCUT2D eigenvalue weighted by atomic mass is 28.3. The van der Waals surface area contributed by atoms with E-state index in [-0.39, 0.29) is 0 Å². The van der Waals surface area contributed by atoms with E-state index in [0.29, 0.717) is 0 Å². The highest BCUT2D eigenvalue weighted by Gasteiger charge is 2.30. The van der Waals surface area contributed by atoms with Crippen LogP contribution in [0, 0.1) is 0 Å². The maximum atomic E-state index is 4.46. The largest absolute Gasteiger partial charge is 0.0995 e. The standard InChI is InChI=1S/C19H30Si/c1-6-20(7-2,8-3)18(5)17(4)13-12-16-19-14-10-9-11-15-19/h9-11,13-15H,5-8,12,16H2,1-4H3/b17-13+. The molecule has 1 heteroatoms. The van der Waals surface area contributed by atoms with E-state index in [9.17, 15) is 0 Å². The summed E-state index contributed by atoms with van der Waals surface area (Å²) >= 11 is 0. The van der Waals surface area contributed by atoms with Crippen molar-refractivity contribution in [1.29, 1.82) is 0 Å². The number of hydrogen-bond acceptors (Lipinski definition) is 0. The summed E-state index contributed by atoms with van der Waals surface area (Å²) in [6, 6.07) is 14.7. The molecule has 0 aliphatic rings. The van der Waals surface area contributed by atoms with E-state index in [4.69, 9.17) is 0 Å². The van der Waals surface area contributed by atoms with Gasteiger partial charge in [-0.05, 0) is 25.3 Å². The van der Waals surface area contributed by atoms with Crippen LogP contribution in [0.1, 0.15) is 39.7 Å². The Balaban J connectivity index is 2.66. The Bertz CT molecular complexity index is 430. The molecule has 0 saturated carbocycles. The molecule has 0 spiro atoms. The predicted octanol–water partition coefficient (Wildman–Crippen LogP) is 6.17. The van der Waals surface area contributed by atoms with Crippen LogP contribution in [0.4, 0.5) is 0 Å². The predicted molar refractivity (Wildman–Crippen MR) is 94.9 cm³/mol. The van der Waals surface area contributed by atoms with Crippen molar-refractivity contribution < 1.29 is 0 Å². The van der Waals surface area contributed by atoms with E-state index < -0.39 is 8.07 Å². The summed E-state index contributed by atoms with van der Waals surface area (Å²) in [6.45, 7) is 13.8. The van der Waals surface area contributed by atoms with Gasteiger partial charge in [-0.2, -0.15) is 0 Å². The van der Waals surface area contributed by atoms with Crippen molar-refractivity contribution >= 4 is 8.07 Å². The van der Waals surface area contributed by atoms with Gasteiger partial charge < -0.3 is 0 Å². The average molecular weight is 287 g/mol. The first-order chi connectivity index (χ1) is 9.59. The lowest BCUT2D eigenvalue weighted by atomic mass is 10.1. The van der Waals surface area contributed by atoms with E-state index in [1.165, 1.54) is 34.5 Å². The van der Waals surface area contributed by atoms with Crippen molar-refractivity contribution in [3.05, 3.63) is 59.3 Å². The van der Waals surface area contributed by atoms with Crippen LogP contribution in [0.2, 0.25) is 18.1 Å². The molecular formula is C19H30Si. The Hall–Kier alpha value is -1.08. The van der Waals surface area contributed by atoms with Crippen molar-refractivity contribution in [3.63, 3.8) is 0 Å². The first kappa shape index (κ1) is 17.0. The minimum Gasteiger partial charge on any atom is -0.0995 e. The van der Waals surface area contributed by atoms with Gasteiger partial charge in [-0.25, -0.2) is 0 Å². The summed E-state index contributed by atoms with van der Waals surface area (Å²) in [6.07, 6.45) is 4.65. The lowest BCUT2D eigenvalue weighted by Gasteiger charge is -2.31. The fourth-order valence-corrected chi connectivity index (χ4v) is 6.75. The van der Waals surface area contributed by atoms with Crippen LogP contribution in [-0.4, -0.2) is 8.07 Å². The van der Waals surface area contributed by atoms with Crippen molar-refractivity contribution in [1.82, 2.24) is 0 Å². The summed E-state index contributed by atoms with van der Waals surface area (Å²) in [5.41, 5.74) is 2.87. The highest BCUT2D eigenvalue weighted by Crippen LogP contribution is 2.31. The summed E-state index contributed by atoms with van der Waals surface area (Å²) in [5.74, 6) is 0. The zero-order valence-corrected chi connectivity index (χ0v) is 14.7. The number of benzene rings is 1. The monoisotopic (exact) mass is 286 g/mol. The zero-order valence-electron chi connectivity index (χ0n) is 13.7. The lowest BCUT2D eigenvalue weighted by Crippen LogP contribution is -2.34. The molecule has 0 atom stereocenters. The molecule has 0 amide bonds. The Morgan fingerprint density at radius 2 is 1.60 bits per heavy atom. The third-order valence-electron chi connectivity index (χ3n) is 4.87. The molecular weight excluding hydrogens is 256 g/mol. The Morgan fingerprint density at radius 1 is 1.05 bits per heavy atom. The molecule has 0 fully saturated rings. The van der Waals surface area contributed by atoms with Crippen LogP contribution in [0.15, 0.2) is 53.8 Å². The maximum absolute atomic E-state index is 4.46. The molecule has 0 aliphatic heterocycles. The topological polar surface area (TPSA) is 0 Å². The maximum Gasteiger partial charge on any atom is 0.0854 e. The molecule has 20 heavy (non-hydrogen) atoms. The molecule has 0 aliphatic carbocycles. The van der Waals surface area contributed by atoms with Gasteiger partial charge in [0, 0.05) is 0 Å². The van der Waals surface area contributed by atoms with Gasteiger partial charge in [0.1, 0.15) is 0 Å². The van der Waals surface area contributed by atoms with Gasteiger partial charge in [0.25, 0.3) is 0 Å². The van der Waals surface area contributed by atoms with Gasteiger partial charge in [-0.1, -0.05) is 92.7 Å². The summed E-state index contributed by atoms with van der Waals surface area (Å²) in [7, 11) is -1.28. The molecule has 1 aromatic carbocycles. The molecule has 0 nitrogen and oxygen atoms in total. The van der Waals surface area contributed by atoms with E-state index in [1.54, 1.807) is 0 Å². The Morgan fingerprint density at radius 3 is 2.10 bits per heavy atom. The molecule has 0 unspecified atom stereocenters. The molecule has 110 valence electrons. The fourth-order valence-electron chi connectivity index (χ4n) is 3.03. The van der Waals surface area contributed by atoms with Crippen LogP contribution < -0.4 is 0 Å². The third kappa shape index (κ3) is 4.21. The highest BCUT2D eigenvalue weighted by molar-refractivity contribution is 6.87. The molecule has 0 radical (unpaired) electrons. The second-order valence-electron chi connectivity index (χ2n) is 5.73. The fraction of sp³-hybridized carbons (Fsp3) is 0.474. The summed E-state index contributed by atoms with van der Waals surface area (Å²) in [4.78, 5) is 0. The first-order valence-corrected chi connectivity index (χ1v) is 10.6. The summed E-state index contributed by atoms with van der Waals surface area (Å²) in [5, 5.41) is 1.48. The number of allylic oxidation sites excluding steroid dienone is 3. The minimum absolute atomic E-state index is 1.12. The van der Waals surface area contributed by atoms with Crippen molar-refractivity contribution in [3.8, 4) is 0 Å². The molecule has 1 aromatic rings. The van der Waals surface area contributed by atoms with Gasteiger partial charge in [-0.15, -0.1) is 0 Å². The third-order valence-corrected chi connectivity index (χ3v) is 10.6. The normalized spacial score (nSPS) is 12.5.